The zero-order valence-electron chi connectivity index (χ0n) is 14.3. The van der Waals surface area contributed by atoms with E-state index in [0.717, 1.165) is 18.6 Å². The highest BCUT2D eigenvalue weighted by Crippen LogP contribution is 2.43. The third kappa shape index (κ3) is 3.19. The van der Waals surface area contributed by atoms with E-state index in [2.05, 4.69) is 10.4 Å². The lowest BCUT2D eigenvalue weighted by atomic mass is 9.67. The Bertz CT molecular complexity index is 731. The summed E-state index contributed by atoms with van der Waals surface area (Å²) in [7, 11) is 1.69. The molecule has 1 saturated heterocycles. The Morgan fingerprint density at radius 1 is 1.44 bits per heavy atom. The summed E-state index contributed by atoms with van der Waals surface area (Å²) in [6.07, 6.45) is 4.91. The van der Waals surface area contributed by atoms with E-state index in [1.807, 2.05) is 41.2 Å². The van der Waals surface area contributed by atoms with Crippen molar-refractivity contribution in [1.82, 2.24) is 15.1 Å². The summed E-state index contributed by atoms with van der Waals surface area (Å²) in [5, 5.41) is 7.42. The van der Waals surface area contributed by atoms with E-state index >= 15 is 0 Å². The van der Waals surface area contributed by atoms with E-state index in [0.29, 0.717) is 24.6 Å². The quantitative estimate of drug-likeness (QED) is 0.869. The van der Waals surface area contributed by atoms with Crippen LogP contribution in [0, 0.1) is 11.8 Å². The molecule has 1 aromatic heterocycles. The van der Waals surface area contributed by atoms with E-state index in [1.54, 1.807) is 13.3 Å². The second-order valence-corrected chi connectivity index (χ2v) is 6.81. The fraction of sp³-hybridized carbons (Fsp3) is 0.474. The average molecular weight is 341 g/mol. The van der Waals surface area contributed by atoms with Crippen LogP contribution >= 0.6 is 0 Å². The van der Waals surface area contributed by atoms with Crippen LogP contribution in [0.2, 0.25) is 0 Å². The van der Waals surface area contributed by atoms with Gasteiger partial charge in [-0.3, -0.25) is 9.48 Å². The summed E-state index contributed by atoms with van der Waals surface area (Å²) in [5.74, 6) is 0.629. The maximum atomic E-state index is 12.7. The zero-order valence-corrected chi connectivity index (χ0v) is 14.3. The molecule has 6 heteroatoms. The van der Waals surface area contributed by atoms with Gasteiger partial charge >= 0.3 is 0 Å². The fourth-order valence-corrected chi connectivity index (χ4v) is 4.06. The van der Waals surface area contributed by atoms with Gasteiger partial charge in [0.25, 0.3) is 5.91 Å². The van der Waals surface area contributed by atoms with Crippen LogP contribution < -0.4 is 5.32 Å². The number of nitrogens with one attached hydrogen (secondary N) is 1. The molecular weight excluding hydrogens is 318 g/mol. The molecule has 1 N–H and O–H groups in total. The number of rotatable bonds is 6. The number of carbonyl (C=O) groups is 1. The number of amides is 1. The van der Waals surface area contributed by atoms with Crippen molar-refractivity contribution in [3.63, 3.8) is 0 Å². The number of hydrogen-bond acceptors (Lipinski definition) is 4. The highest BCUT2D eigenvalue weighted by Gasteiger charge is 2.54. The van der Waals surface area contributed by atoms with Crippen LogP contribution in [-0.2, 0) is 16.0 Å². The Morgan fingerprint density at radius 2 is 2.36 bits per heavy atom. The number of hydrogen-bond donors (Lipinski definition) is 1. The van der Waals surface area contributed by atoms with E-state index in [-0.39, 0.29) is 24.0 Å². The molecule has 2 fully saturated rings. The topological polar surface area (TPSA) is 65.4 Å². The molecule has 2 aromatic rings. The van der Waals surface area contributed by atoms with Gasteiger partial charge < -0.3 is 14.8 Å². The second-order valence-electron chi connectivity index (χ2n) is 6.81. The van der Waals surface area contributed by atoms with Crippen molar-refractivity contribution in [1.29, 1.82) is 0 Å². The molecule has 2 aliphatic rings. The molecule has 6 nitrogen and oxygen atoms in total. The van der Waals surface area contributed by atoms with Gasteiger partial charge in [-0.2, -0.15) is 5.10 Å². The first kappa shape index (κ1) is 16.3. The van der Waals surface area contributed by atoms with Crippen LogP contribution in [0.15, 0.2) is 42.7 Å². The van der Waals surface area contributed by atoms with Crippen molar-refractivity contribution in [2.24, 2.45) is 11.8 Å². The number of aromatic nitrogens is 2. The number of fused-ring (bicyclic) bond motifs is 1. The standard InChI is InChI=1S/C19H23N3O3/c1-24-12-16-17(15-6-9-25-18(15)16)21-19(23)14-5-2-4-13(10-14)11-22-8-3-7-20-22/h2-5,7-8,10,15-18H,6,9,11-12H2,1H3,(H,21,23)/t15-,16+,17+,18-/m0/s1. The molecule has 0 bridgehead atoms. The highest BCUT2D eigenvalue weighted by molar-refractivity contribution is 5.94. The third-order valence-electron chi connectivity index (χ3n) is 5.28. The highest BCUT2D eigenvalue weighted by atomic mass is 16.5. The summed E-state index contributed by atoms with van der Waals surface area (Å²) in [6.45, 7) is 2.05. The first-order valence-electron chi connectivity index (χ1n) is 8.74. The normalized spacial score (nSPS) is 27.6. The maximum absolute atomic E-state index is 12.7. The Morgan fingerprint density at radius 3 is 3.16 bits per heavy atom. The van der Waals surface area contributed by atoms with Gasteiger partial charge in [-0.05, 0) is 30.2 Å². The molecule has 4 rings (SSSR count). The molecule has 1 aliphatic heterocycles. The van der Waals surface area contributed by atoms with Crippen molar-refractivity contribution in [3.05, 3.63) is 53.9 Å². The van der Waals surface area contributed by atoms with Crippen molar-refractivity contribution in [3.8, 4) is 0 Å². The third-order valence-corrected chi connectivity index (χ3v) is 5.28. The lowest BCUT2D eigenvalue weighted by molar-refractivity contribution is -0.0809. The molecule has 4 atom stereocenters. The van der Waals surface area contributed by atoms with Gasteiger partial charge in [0, 0.05) is 49.6 Å². The van der Waals surface area contributed by atoms with Crippen LogP contribution in [-0.4, -0.2) is 48.2 Å². The first-order valence-corrected chi connectivity index (χ1v) is 8.74. The van der Waals surface area contributed by atoms with Crippen LogP contribution in [0.4, 0.5) is 0 Å². The van der Waals surface area contributed by atoms with Crippen molar-refractivity contribution in [2.75, 3.05) is 20.3 Å². The molecule has 1 saturated carbocycles. The summed E-state index contributed by atoms with van der Waals surface area (Å²) in [5.41, 5.74) is 1.74. The Kier molecular flexibility index (Phi) is 4.55. The summed E-state index contributed by atoms with van der Waals surface area (Å²) in [4.78, 5) is 12.7. The summed E-state index contributed by atoms with van der Waals surface area (Å²) in [6, 6.07) is 9.75. The van der Waals surface area contributed by atoms with Crippen molar-refractivity contribution in [2.45, 2.75) is 25.1 Å². The lowest BCUT2D eigenvalue weighted by Crippen LogP contribution is -2.62. The number of methoxy groups -OCH3 is 1. The molecule has 25 heavy (non-hydrogen) atoms. The largest absolute Gasteiger partial charge is 0.384 e. The second kappa shape index (κ2) is 6.98. The first-order chi connectivity index (χ1) is 12.3. The minimum absolute atomic E-state index is 0.0289. The zero-order chi connectivity index (χ0) is 17.2. The smallest absolute Gasteiger partial charge is 0.251 e. The lowest BCUT2D eigenvalue weighted by Gasteiger charge is -2.47. The van der Waals surface area contributed by atoms with E-state index < -0.39 is 0 Å². The van der Waals surface area contributed by atoms with Gasteiger partial charge in [-0.15, -0.1) is 0 Å². The van der Waals surface area contributed by atoms with E-state index in [9.17, 15) is 4.79 Å². The SMILES string of the molecule is COC[C@@H]1[C@H](NC(=O)c2cccc(Cn3cccn3)c2)[C@@H]2CCO[C@H]12. The average Bonchev–Trinajstić information content (AvgIpc) is 3.28. The molecule has 132 valence electrons. The molecule has 0 radical (unpaired) electrons. The van der Waals surface area contributed by atoms with Gasteiger partial charge in [-0.1, -0.05) is 12.1 Å². The molecule has 2 heterocycles. The van der Waals surface area contributed by atoms with Crippen LogP contribution in [0.1, 0.15) is 22.3 Å². The number of benzene rings is 1. The predicted molar refractivity (Wildman–Crippen MR) is 92.2 cm³/mol. The van der Waals surface area contributed by atoms with Gasteiger partial charge in [-0.25, -0.2) is 0 Å². The molecule has 0 spiro atoms. The molecule has 0 unspecified atom stereocenters. The maximum Gasteiger partial charge on any atom is 0.251 e. The molecular formula is C19H23N3O3. The van der Waals surface area contributed by atoms with E-state index in [1.165, 1.54) is 0 Å². The molecule has 1 aliphatic carbocycles. The molecule has 1 aromatic carbocycles. The molecule has 1 amide bonds. The summed E-state index contributed by atoms with van der Waals surface area (Å²) >= 11 is 0. The van der Waals surface area contributed by atoms with Gasteiger partial charge in [0.1, 0.15) is 0 Å². The Hall–Kier alpha value is -2.18. The fourth-order valence-electron chi connectivity index (χ4n) is 4.06. The Balaban J connectivity index is 1.44. The minimum atomic E-state index is -0.0289. The van der Waals surface area contributed by atoms with Crippen molar-refractivity contribution >= 4 is 5.91 Å². The van der Waals surface area contributed by atoms with Gasteiger partial charge in [0.05, 0.1) is 19.3 Å². The van der Waals surface area contributed by atoms with Crippen molar-refractivity contribution < 1.29 is 14.3 Å². The monoisotopic (exact) mass is 341 g/mol. The van der Waals surface area contributed by atoms with Crippen LogP contribution in [0.25, 0.3) is 0 Å². The summed E-state index contributed by atoms with van der Waals surface area (Å²) < 4.78 is 12.9. The number of nitrogens with zero attached hydrogens (tertiary/aromatic N) is 2. The number of carbonyl (C=O) groups excluding carboxylic acids is 1. The predicted octanol–water partition coefficient (Wildman–Crippen LogP) is 1.71. The van der Waals surface area contributed by atoms with Crippen LogP contribution in [0.3, 0.4) is 0 Å². The van der Waals surface area contributed by atoms with E-state index in [4.69, 9.17) is 9.47 Å². The Labute approximate surface area is 147 Å². The number of ether oxygens (including phenoxy) is 2. The minimum Gasteiger partial charge on any atom is -0.384 e. The van der Waals surface area contributed by atoms with Crippen LogP contribution in [0.5, 0.6) is 0 Å². The van der Waals surface area contributed by atoms with Gasteiger partial charge in [0.2, 0.25) is 0 Å². The van der Waals surface area contributed by atoms with Gasteiger partial charge in [0.15, 0.2) is 0 Å².